The largest absolute Gasteiger partial charge is 0.355 e. The molecule has 0 saturated carbocycles. The van der Waals surface area contributed by atoms with Gasteiger partial charge >= 0.3 is 0 Å². The fourth-order valence-electron chi connectivity index (χ4n) is 1.77. The van der Waals surface area contributed by atoms with Crippen molar-refractivity contribution in [1.29, 1.82) is 0 Å². The van der Waals surface area contributed by atoms with Gasteiger partial charge in [-0.15, -0.1) is 0 Å². The van der Waals surface area contributed by atoms with E-state index in [1.807, 2.05) is 6.92 Å². The van der Waals surface area contributed by atoms with E-state index in [-0.39, 0.29) is 37.0 Å². The Morgan fingerprint density at radius 2 is 1.95 bits per heavy atom. The van der Waals surface area contributed by atoms with Crippen LogP contribution in [0.15, 0.2) is 24.3 Å². The predicted octanol–water partition coefficient (Wildman–Crippen LogP) is 1.01. The highest BCUT2D eigenvalue weighted by Gasteiger charge is 2.12. The fourth-order valence-corrected chi connectivity index (χ4v) is 1.77. The molecule has 0 bridgehead atoms. The molecule has 0 aromatic heterocycles. The number of rotatable bonds is 7. The molecule has 5 heteroatoms. The zero-order valence-corrected chi connectivity index (χ0v) is 11.3. The van der Waals surface area contributed by atoms with Crippen LogP contribution in [0.5, 0.6) is 0 Å². The number of carbonyl (C=O) groups excluding carboxylic acids is 2. The summed E-state index contributed by atoms with van der Waals surface area (Å²) >= 11 is 0. The van der Waals surface area contributed by atoms with Crippen molar-refractivity contribution in [3.05, 3.63) is 35.6 Å². The molecule has 0 aliphatic rings. The van der Waals surface area contributed by atoms with Crippen molar-refractivity contribution >= 4 is 11.7 Å². The molecular weight excluding hydrogens is 247 g/mol. The van der Waals surface area contributed by atoms with Gasteiger partial charge in [0.25, 0.3) is 0 Å². The highest BCUT2D eigenvalue weighted by atomic mass is 19.1. The summed E-state index contributed by atoms with van der Waals surface area (Å²) in [4.78, 5) is 24.7. The van der Waals surface area contributed by atoms with E-state index in [1.165, 1.54) is 6.07 Å². The van der Waals surface area contributed by atoms with Gasteiger partial charge in [0, 0.05) is 13.0 Å². The van der Waals surface area contributed by atoms with Gasteiger partial charge in [0.2, 0.25) is 5.91 Å². The van der Waals surface area contributed by atoms with Gasteiger partial charge in [0.05, 0.1) is 13.1 Å². The molecule has 0 saturated heterocycles. The van der Waals surface area contributed by atoms with Crippen LogP contribution < -0.4 is 5.32 Å². The highest BCUT2D eigenvalue weighted by Crippen LogP contribution is 2.07. The fraction of sp³-hybridized carbons (Fsp3) is 0.429. The maximum absolute atomic E-state index is 13.4. The first-order chi connectivity index (χ1) is 9.02. The zero-order chi connectivity index (χ0) is 14.3. The summed E-state index contributed by atoms with van der Waals surface area (Å²) in [5, 5.41) is 2.66. The molecule has 1 N–H and O–H groups in total. The van der Waals surface area contributed by atoms with Crippen molar-refractivity contribution in [2.24, 2.45) is 0 Å². The molecule has 0 atom stereocenters. The van der Waals surface area contributed by atoms with Crippen LogP contribution in [-0.2, 0) is 16.0 Å². The van der Waals surface area contributed by atoms with Crippen LogP contribution in [0.4, 0.5) is 4.39 Å². The second kappa shape index (κ2) is 7.63. The van der Waals surface area contributed by atoms with Gasteiger partial charge in [-0.3, -0.25) is 14.5 Å². The van der Waals surface area contributed by atoms with Crippen molar-refractivity contribution in [2.45, 2.75) is 13.3 Å². The minimum Gasteiger partial charge on any atom is -0.355 e. The Morgan fingerprint density at radius 1 is 1.26 bits per heavy atom. The van der Waals surface area contributed by atoms with E-state index in [0.29, 0.717) is 12.1 Å². The van der Waals surface area contributed by atoms with E-state index in [0.717, 1.165) is 0 Å². The Bertz CT molecular complexity index is 449. The number of halogens is 1. The van der Waals surface area contributed by atoms with E-state index >= 15 is 0 Å². The third-order valence-electron chi connectivity index (χ3n) is 2.58. The minimum absolute atomic E-state index is 0.0480. The van der Waals surface area contributed by atoms with E-state index in [2.05, 4.69) is 5.32 Å². The number of nitrogens with zero attached hydrogens (tertiary/aromatic N) is 1. The first-order valence-electron chi connectivity index (χ1n) is 6.23. The molecule has 4 nitrogen and oxygen atoms in total. The van der Waals surface area contributed by atoms with Crippen LogP contribution in [0.2, 0.25) is 0 Å². The monoisotopic (exact) mass is 266 g/mol. The molecule has 0 unspecified atom stereocenters. The summed E-state index contributed by atoms with van der Waals surface area (Å²) in [6.45, 7) is 2.69. The standard InChI is InChI=1S/C14H19FN2O2/c1-3-16-14(19)10-17(2)9-12(18)8-11-6-4-5-7-13(11)15/h4-7H,3,8-10H2,1-2H3,(H,16,19). The molecule has 1 rings (SSSR count). The number of nitrogens with one attached hydrogen (secondary N) is 1. The van der Waals surface area contributed by atoms with Gasteiger partial charge in [-0.25, -0.2) is 4.39 Å². The molecule has 1 aromatic carbocycles. The molecule has 0 fully saturated rings. The third kappa shape index (κ3) is 5.61. The molecule has 0 aliphatic carbocycles. The van der Waals surface area contributed by atoms with Gasteiger partial charge in [-0.2, -0.15) is 0 Å². The van der Waals surface area contributed by atoms with E-state index in [4.69, 9.17) is 0 Å². The summed E-state index contributed by atoms with van der Waals surface area (Å²) in [6, 6.07) is 6.21. The first-order valence-corrected chi connectivity index (χ1v) is 6.23. The van der Waals surface area contributed by atoms with Crippen LogP contribution in [0.1, 0.15) is 12.5 Å². The summed E-state index contributed by atoms with van der Waals surface area (Å²) in [5.41, 5.74) is 0.388. The zero-order valence-electron chi connectivity index (χ0n) is 11.3. The molecule has 0 heterocycles. The Morgan fingerprint density at radius 3 is 2.58 bits per heavy atom. The Labute approximate surface area is 112 Å². The molecule has 19 heavy (non-hydrogen) atoms. The molecule has 1 aromatic rings. The van der Waals surface area contributed by atoms with Crippen molar-refractivity contribution in [3.63, 3.8) is 0 Å². The first kappa shape index (κ1) is 15.3. The van der Waals surface area contributed by atoms with Gasteiger partial charge < -0.3 is 5.32 Å². The van der Waals surface area contributed by atoms with Crippen LogP contribution in [0, 0.1) is 5.82 Å². The van der Waals surface area contributed by atoms with Gasteiger partial charge in [-0.1, -0.05) is 18.2 Å². The maximum Gasteiger partial charge on any atom is 0.234 e. The van der Waals surface area contributed by atoms with Gasteiger partial charge in [-0.05, 0) is 25.6 Å². The summed E-state index contributed by atoms with van der Waals surface area (Å²) in [5.74, 6) is -0.609. The van der Waals surface area contributed by atoms with Crippen molar-refractivity contribution < 1.29 is 14.0 Å². The van der Waals surface area contributed by atoms with E-state index < -0.39 is 0 Å². The smallest absolute Gasteiger partial charge is 0.234 e. The molecular formula is C14H19FN2O2. The number of likely N-dealkylation sites (N-methyl/N-ethyl adjacent to an activating group) is 2. The summed E-state index contributed by atoms with van der Waals surface area (Å²) in [7, 11) is 1.69. The van der Waals surface area contributed by atoms with Gasteiger partial charge in [0.1, 0.15) is 5.82 Å². The Kier molecular flexibility index (Phi) is 6.15. The third-order valence-corrected chi connectivity index (χ3v) is 2.58. The molecule has 0 radical (unpaired) electrons. The number of Topliss-reactive ketones (excluding diaryl/α,β-unsaturated/α-hetero) is 1. The van der Waals surface area contributed by atoms with E-state index in [9.17, 15) is 14.0 Å². The number of ketones is 1. The molecule has 1 amide bonds. The second-order valence-electron chi connectivity index (χ2n) is 4.43. The predicted molar refractivity (Wildman–Crippen MR) is 71.3 cm³/mol. The number of amides is 1. The highest BCUT2D eigenvalue weighted by molar-refractivity contribution is 5.84. The lowest BCUT2D eigenvalue weighted by molar-refractivity contribution is -0.123. The van der Waals surface area contributed by atoms with Crippen molar-refractivity contribution in [2.75, 3.05) is 26.7 Å². The van der Waals surface area contributed by atoms with Gasteiger partial charge in [0.15, 0.2) is 5.78 Å². The van der Waals surface area contributed by atoms with Crippen LogP contribution in [-0.4, -0.2) is 43.3 Å². The number of carbonyl (C=O) groups is 2. The Balaban J connectivity index is 2.43. The number of hydrogen-bond donors (Lipinski definition) is 1. The normalized spacial score (nSPS) is 10.5. The lowest BCUT2D eigenvalue weighted by atomic mass is 10.1. The molecule has 104 valence electrons. The Hall–Kier alpha value is -1.75. The van der Waals surface area contributed by atoms with E-state index in [1.54, 1.807) is 30.1 Å². The van der Waals surface area contributed by atoms with Crippen molar-refractivity contribution in [1.82, 2.24) is 10.2 Å². The summed E-state index contributed by atoms with van der Waals surface area (Å²) < 4.78 is 13.4. The quantitative estimate of drug-likeness (QED) is 0.801. The van der Waals surface area contributed by atoms with Crippen molar-refractivity contribution in [3.8, 4) is 0 Å². The maximum atomic E-state index is 13.4. The lowest BCUT2D eigenvalue weighted by Gasteiger charge is -2.15. The second-order valence-corrected chi connectivity index (χ2v) is 4.43. The SMILES string of the molecule is CCNC(=O)CN(C)CC(=O)Cc1ccccc1F. The van der Waals surface area contributed by atoms with Crippen LogP contribution in [0.25, 0.3) is 0 Å². The molecule has 0 aliphatic heterocycles. The summed E-state index contributed by atoms with van der Waals surface area (Å²) in [6.07, 6.45) is 0.0480. The number of benzene rings is 1. The minimum atomic E-state index is -0.373. The van der Waals surface area contributed by atoms with Crippen LogP contribution in [0.3, 0.4) is 0 Å². The lowest BCUT2D eigenvalue weighted by Crippen LogP contribution is -2.37. The number of hydrogen-bond acceptors (Lipinski definition) is 3. The average Bonchev–Trinajstić information content (AvgIpc) is 2.31. The topological polar surface area (TPSA) is 49.4 Å². The van der Waals surface area contributed by atoms with Crippen LogP contribution >= 0.6 is 0 Å². The average molecular weight is 266 g/mol. The molecule has 0 spiro atoms.